The van der Waals surface area contributed by atoms with Gasteiger partial charge < -0.3 is 30.1 Å². The highest BCUT2D eigenvalue weighted by Gasteiger charge is 2.33. The number of hydrogen-bond donors (Lipinski definition) is 3. The first kappa shape index (κ1) is 41.7. The van der Waals surface area contributed by atoms with E-state index in [0.29, 0.717) is 65.1 Å². The van der Waals surface area contributed by atoms with Crippen LogP contribution in [0.1, 0.15) is 82.7 Å². The number of hydrogen-bond acceptors (Lipinski definition) is 15. The number of ketones is 1. The number of aliphatic carboxylic acids is 1. The number of piperidine rings is 1. The molecule has 7 heterocycles. The van der Waals surface area contributed by atoms with Crippen LogP contribution in [0.25, 0.3) is 20.4 Å². The molecule has 17 heteroatoms. The molecule has 3 aliphatic heterocycles. The van der Waals surface area contributed by atoms with Crippen molar-refractivity contribution in [3.05, 3.63) is 80.1 Å². The van der Waals surface area contributed by atoms with Crippen molar-refractivity contribution in [2.75, 3.05) is 36.9 Å². The molecule has 11 rings (SSSR count). The van der Waals surface area contributed by atoms with E-state index in [1.54, 1.807) is 35.3 Å². The summed E-state index contributed by atoms with van der Waals surface area (Å²) in [5, 5.41) is 18.4. The number of ether oxygens (including phenoxy) is 2. The summed E-state index contributed by atoms with van der Waals surface area (Å²) in [5.74, 6) is 2.43. The van der Waals surface area contributed by atoms with Gasteiger partial charge in [-0.15, -0.1) is 22.7 Å². The average molecular weight is 898 g/mol. The average Bonchev–Trinajstić information content (AvgIpc) is 4.11. The lowest BCUT2D eigenvalue weighted by Gasteiger charge is -2.31. The lowest BCUT2D eigenvalue weighted by Crippen LogP contribution is -2.43. The normalized spacial score (nSPS) is 18.2. The minimum atomic E-state index is -0.723. The first-order chi connectivity index (χ1) is 31.2. The van der Waals surface area contributed by atoms with Crippen LogP contribution in [0.4, 0.5) is 23.0 Å². The number of aliphatic imine (C=N–C) groups is 2. The highest BCUT2D eigenvalue weighted by atomic mass is 32.1. The van der Waals surface area contributed by atoms with Gasteiger partial charge in [-0.1, -0.05) is 0 Å². The molecule has 2 unspecified atom stereocenters. The molecule has 6 aromatic rings. The number of nitrogens with zero attached hydrogens (tertiary/aromatic N) is 7. The summed E-state index contributed by atoms with van der Waals surface area (Å²) < 4.78 is 11.8. The Morgan fingerprint density at radius 1 is 0.719 bits per heavy atom. The smallest absolute Gasteiger partial charge is 0.306 e. The number of likely N-dealkylation sites (tertiary alicyclic amines) is 1. The van der Waals surface area contributed by atoms with E-state index in [0.717, 1.165) is 108 Å². The number of aromatic nitrogens is 4. The van der Waals surface area contributed by atoms with Gasteiger partial charge in [0.2, 0.25) is 5.91 Å². The van der Waals surface area contributed by atoms with Gasteiger partial charge in [-0.3, -0.25) is 24.4 Å². The largest absolute Gasteiger partial charge is 0.492 e. The van der Waals surface area contributed by atoms with Crippen LogP contribution in [0.2, 0.25) is 0 Å². The molecule has 1 amide bonds. The number of aryl methyl sites for hydroxylation is 2. The molecule has 0 saturated carbocycles. The lowest BCUT2D eigenvalue weighted by atomic mass is 9.86. The molecule has 64 heavy (non-hydrogen) atoms. The number of amides is 1. The van der Waals surface area contributed by atoms with Gasteiger partial charge in [0.05, 0.1) is 54.4 Å². The monoisotopic (exact) mass is 897 g/mol. The minimum absolute atomic E-state index is 0.0336. The van der Waals surface area contributed by atoms with Gasteiger partial charge in [-0.2, -0.15) is 0 Å². The molecule has 0 radical (unpaired) electrons. The lowest BCUT2D eigenvalue weighted by molar-refractivity contribution is -0.142. The number of thiophene rings is 2. The SMILES string of the molecule is CCOc1cc2c(cc1Nc1ncnc3sc4c(c13)CCC(C(=O)N1CCC(=O)CC1)C4)C=NC2.CCOc1cc2c(cc1Nc1ncnc3sc4c(c13)CCC(C(=O)O)C4)C=NC2. The predicted molar refractivity (Wildman–Crippen MR) is 249 cm³/mol. The van der Waals surface area contributed by atoms with Gasteiger partial charge in [0, 0.05) is 54.0 Å². The summed E-state index contributed by atoms with van der Waals surface area (Å²) in [6, 6.07) is 8.21. The van der Waals surface area contributed by atoms with Crippen molar-refractivity contribution in [3.63, 3.8) is 0 Å². The Morgan fingerprint density at radius 2 is 1.22 bits per heavy atom. The molecule has 0 bridgehead atoms. The van der Waals surface area contributed by atoms with E-state index in [1.165, 1.54) is 16.0 Å². The standard InChI is InChI=1S/C26H27N5O3S.C21H20N4O3S/c1-2-34-21-10-17-13-27-12-16(17)9-20(21)30-24-23-19-4-3-15(11-22(19)35-25(23)29-14-28-24)26(33)31-7-5-18(32)6-8-31;1-2-28-16-6-13-9-22-8-12(13)5-15(16)25-19-18-14-4-3-11(21(26)27)7-17(14)29-20(18)24-10-23-19/h9-10,12,14-15H,2-8,11,13H2,1H3,(H,28,29,30);5-6,8,10-11H,2-4,7,9H2,1H3,(H,26,27)(H,23,24,25). The Labute approximate surface area is 377 Å². The molecule has 0 spiro atoms. The van der Waals surface area contributed by atoms with E-state index in [4.69, 9.17) is 9.47 Å². The Morgan fingerprint density at radius 3 is 1.72 bits per heavy atom. The maximum absolute atomic E-state index is 13.1. The van der Waals surface area contributed by atoms with Crippen molar-refractivity contribution in [2.24, 2.45) is 21.8 Å². The molecular formula is C47H47N9O6S2. The number of rotatable bonds is 10. The van der Waals surface area contributed by atoms with Gasteiger partial charge in [0.1, 0.15) is 51.2 Å². The summed E-state index contributed by atoms with van der Waals surface area (Å²) >= 11 is 3.23. The topological polar surface area (TPSA) is 193 Å². The van der Waals surface area contributed by atoms with Crippen molar-refractivity contribution >= 4 is 96.2 Å². The van der Waals surface area contributed by atoms with Gasteiger partial charge in [-0.25, -0.2) is 19.9 Å². The quantitative estimate of drug-likeness (QED) is 0.120. The molecule has 1 saturated heterocycles. The number of carboxylic acid groups (broad SMARTS) is 1. The van der Waals surface area contributed by atoms with Crippen molar-refractivity contribution in [3.8, 4) is 11.5 Å². The van der Waals surface area contributed by atoms with Crippen LogP contribution in [0.15, 0.2) is 46.9 Å². The van der Waals surface area contributed by atoms with Crippen LogP contribution in [0, 0.1) is 11.8 Å². The van der Waals surface area contributed by atoms with E-state index in [-0.39, 0.29) is 23.5 Å². The number of carbonyl (C=O) groups excluding carboxylic acids is 2. The Hall–Kier alpha value is -6.33. The van der Waals surface area contributed by atoms with Gasteiger partial charge in [0.25, 0.3) is 0 Å². The van der Waals surface area contributed by atoms with Gasteiger partial charge in [-0.05, 0) is 110 Å². The highest BCUT2D eigenvalue weighted by Crippen LogP contribution is 2.44. The van der Waals surface area contributed by atoms with E-state index < -0.39 is 5.97 Å². The maximum atomic E-state index is 13.1. The third kappa shape index (κ3) is 8.06. The maximum Gasteiger partial charge on any atom is 0.306 e. The fourth-order valence-corrected chi connectivity index (χ4v) is 11.9. The van der Waals surface area contributed by atoms with Crippen molar-refractivity contribution in [1.29, 1.82) is 0 Å². The molecule has 2 atom stereocenters. The van der Waals surface area contributed by atoms with E-state index in [2.05, 4.69) is 52.7 Å². The molecule has 5 aliphatic rings. The fourth-order valence-electron chi connectivity index (χ4n) is 9.34. The molecule has 3 N–H and O–H groups in total. The Balaban J connectivity index is 0.000000154. The van der Waals surface area contributed by atoms with Crippen LogP contribution in [0.3, 0.4) is 0 Å². The van der Waals surface area contributed by atoms with E-state index in [9.17, 15) is 19.5 Å². The van der Waals surface area contributed by atoms with Crippen LogP contribution < -0.4 is 20.1 Å². The second-order valence-electron chi connectivity index (χ2n) is 16.5. The zero-order valence-corrected chi connectivity index (χ0v) is 37.2. The number of Topliss-reactive ketones (excluding diaryl/α,β-unsaturated/α-hetero) is 1. The third-order valence-electron chi connectivity index (χ3n) is 12.6. The number of nitrogens with one attached hydrogen (secondary N) is 2. The second kappa shape index (κ2) is 17.7. The number of carbonyl (C=O) groups is 3. The summed E-state index contributed by atoms with van der Waals surface area (Å²) in [5.41, 5.74) is 8.61. The predicted octanol–water partition coefficient (Wildman–Crippen LogP) is 8.02. The summed E-state index contributed by atoms with van der Waals surface area (Å²) in [6.45, 7) is 7.55. The Bertz CT molecular complexity index is 2900. The highest BCUT2D eigenvalue weighted by molar-refractivity contribution is 7.19. The van der Waals surface area contributed by atoms with Crippen LogP contribution in [-0.4, -0.2) is 86.3 Å². The van der Waals surface area contributed by atoms with Gasteiger partial charge in [0.15, 0.2) is 0 Å². The number of carboxylic acids is 1. The summed E-state index contributed by atoms with van der Waals surface area (Å²) in [6.07, 6.45) is 12.1. The third-order valence-corrected chi connectivity index (χ3v) is 14.9. The van der Waals surface area contributed by atoms with Gasteiger partial charge >= 0.3 is 5.97 Å². The molecule has 1 fully saturated rings. The van der Waals surface area contributed by atoms with Crippen LogP contribution in [-0.2, 0) is 53.2 Å². The zero-order chi connectivity index (χ0) is 43.9. The molecule has 2 aromatic carbocycles. The summed E-state index contributed by atoms with van der Waals surface area (Å²) in [7, 11) is 0. The number of benzene rings is 2. The summed E-state index contributed by atoms with van der Waals surface area (Å²) in [4.78, 5) is 69.0. The van der Waals surface area contributed by atoms with Crippen molar-refractivity contribution in [1.82, 2.24) is 24.8 Å². The first-order valence-corrected chi connectivity index (χ1v) is 23.5. The molecule has 4 aromatic heterocycles. The first-order valence-electron chi connectivity index (χ1n) is 21.9. The minimum Gasteiger partial charge on any atom is -0.492 e. The number of fused-ring (bicyclic) bond motifs is 8. The van der Waals surface area contributed by atoms with Crippen LogP contribution >= 0.6 is 22.7 Å². The van der Waals surface area contributed by atoms with E-state index >= 15 is 0 Å². The number of anilines is 4. The Kier molecular flexibility index (Phi) is 11.5. The van der Waals surface area contributed by atoms with E-state index in [1.807, 2.05) is 43.3 Å². The fraction of sp³-hybridized carbons (Fsp3) is 0.383. The van der Waals surface area contributed by atoms with Crippen LogP contribution in [0.5, 0.6) is 11.5 Å². The molecule has 328 valence electrons. The molecular weight excluding hydrogens is 851 g/mol. The zero-order valence-electron chi connectivity index (χ0n) is 35.6. The second-order valence-corrected chi connectivity index (χ2v) is 18.7. The molecule has 2 aliphatic carbocycles. The van der Waals surface area contributed by atoms with Crippen molar-refractivity contribution in [2.45, 2.75) is 78.3 Å². The van der Waals surface area contributed by atoms with Crippen molar-refractivity contribution < 1.29 is 29.0 Å². The molecule has 15 nitrogen and oxygen atoms in total.